The zero-order valence-corrected chi connectivity index (χ0v) is 13.6. The number of esters is 1. The highest BCUT2D eigenvalue weighted by molar-refractivity contribution is 8.00. The summed E-state index contributed by atoms with van der Waals surface area (Å²) in [5.41, 5.74) is 0.423. The molecule has 1 N–H and O–H groups in total. The predicted octanol–water partition coefficient (Wildman–Crippen LogP) is 3.51. The number of carbonyl (C=O) groups excluding carboxylic acids is 1. The van der Waals surface area contributed by atoms with E-state index in [1.165, 1.54) is 36.7 Å². The molecule has 5 heteroatoms. The van der Waals surface area contributed by atoms with Crippen molar-refractivity contribution < 1.29 is 13.9 Å². The fourth-order valence-electron chi connectivity index (χ4n) is 1.88. The van der Waals surface area contributed by atoms with Gasteiger partial charge in [-0.1, -0.05) is 0 Å². The molecule has 0 radical (unpaired) electrons. The van der Waals surface area contributed by atoms with Gasteiger partial charge in [-0.05, 0) is 57.4 Å². The lowest BCUT2D eigenvalue weighted by Crippen LogP contribution is -2.25. The van der Waals surface area contributed by atoms with E-state index in [1.807, 2.05) is 20.8 Å². The van der Waals surface area contributed by atoms with E-state index in [-0.39, 0.29) is 17.5 Å². The maximum Gasteiger partial charge on any atom is 0.316 e. The molecular weight excluding hydrogens is 289 g/mol. The van der Waals surface area contributed by atoms with Crippen LogP contribution in [0.15, 0.2) is 23.1 Å². The van der Waals surface area contributed by atoms with Gasteiger partial charge in [-0.25, -0.2) is 4.39 Å². The summed E-state index contributed by atoms with van der Waals surface area (Å²) in [6.07, 6.45) is 2.38. The molecular formula is C16H22FNO2S. The van der Waals surface area contributed by atoms with Gasteiger partial charge in [-0.2, -0.15) is 0 Å². The largest absolute Gasteiger partial charge is 0.459 e. The van der Waals surface area contributed by atoms with Crippen LogP contribution in [0.1, 0.15) is 39.2 Å². The molecule has 1 saturated carbocycles. The lowest BCUT2D eigenvalue weighted by atomic mass is 10.2. The van der Waals surface area contributed by atoms with Crippen LogP contribution in [0.4, 0.5) is 4.39 Å². The summed E-state index contributed by atoms with van der Waals surface area (Å²) in [4.78, 5) is 12.7. The zero-order valence-electron chi connectivity index (χ0n) is 12.7. The average molecular weight is 311 g/mol. The molecule has 0 bridgehead atoms. The Morgan fingerprint density at radius 1 is 1.43 bits per heavy atom. The number of hydrogen-bond donors (Lipinski definition) is 1. The van der Waals surface area contributed by atoms with E-state index in [9.17, 15) is 9.18 Å². The smallest absolute Gasteiger partial charge is 0.316 e. The second-order valence-corrected chi connectivity index (χ2v) is 7.30. The first-order valence-electron chi connectivity index (χ1n) is 7.20. The molecule has 0 unspecified atom stereocenters. The maximum absolute atomic E-state index is 13.4. The Balaban J connectivity index is 1.93. The summed E-state index contributed by atoms with van der Waals surface area (Å²) in [6, 6.07) is 5.26. The van der Waals surface area contributed by atoms with E-state index in [1.54, 1.807) is 6.07 Å². The number of hydrogen-bond acceptors (Lipinski definition) is 4. The summed E-state index contributed by atoms with van der Waals surface area (Å²) in [5.74, 6) is -0.263. The van der Waals surface area contributed by atoms with Crippen molar-refractivity contribution >= 4 is 17.7 Å². The van der Waals surface area contributed by atoms with Gasteiger partial charge in [0.25, 0.3) is 0 Å². The van der Waals surface area contributed by atoms with Crippen molar-refractivity contribution in [3.8, 4) is 0 Å². The van der Waals surface area contributed by atoms with Crippen LogP contribution in [-0.4, -0.2) is 23.4 Å². The minimum Gasteiger partial charge on any atom is -0.459 e. The van der Waals surface area contributed by atoms with Gasteiger partial charge in [0.1, 0.15) is 11.4 Å². The second kappa shape index (κ2) is 6.79. The summed E-state index contributed by atoms with van der Waals surface area (Å²) < 4.78 is 18.7. The molecule has 1 aromatic carbocycles. The minimum absolute atomic E-state index is 0.235. The molecule has 3 nitrogen and oxygen atoms in total. The molecule has 1 fully saturated rings. The third kappa shape index (κ3) is 6.06. The highest BCUT2D eigenvalue weighted by Gasteiger charge is 2.21. The van der Waals surface area contributed by atoms with E-state index in [4.69, 9.17) is 4.74 Å². The number of halogens is 1. The Morgan fingerprint density at radius 2 is 2.14 bits per heavy atom. The maximum atomic E-state index is 13.4. The van der Waals surface area contributed by atoms with Crippen molar-refractivity contribution in [1.82, 2.24) is 5.32 Å². The van der Waals surface area contributed by atoms with Crippen LogP contribution in [0.3, 0.4) is 0 Å². The van der Waals surface area contributed by atoms with Crippen molar-refractivity contribution in [2.24, 2.45) is 0 Å². The van der Waals surface area contributed by atoms with E-state index in [2.05, 4.69) is 5.32 Å². The fourth-order valence-corrected chi connectivity index (χ4v) is 2.69. The van der Waals surface area contributed by atoms with Gasteiger partial charge >= 0.3 is 5.97 Å². The second-order valence-electron chi connectivity index (χ2n) is 6.28. The summed E-state index contributed by atoms with van der Waals surface area (Å²) in [6.45, 7) is 6.18. The SMILES string of the molecule is CC(C)(C)OC(=O)CSc1ccc(F)cc1CNC1CC1. The molecule has 0 spiro atoms. The van der Waals surface area contributed by atoms with Crippen LogP contribution in [0.2, 0.25) is 0 Å². The first-order valence-corrected chi connectivity index (χ1v) is 8.18. The molecule has 2 rings (SSSR count). The van der Waals surface area contributed by atoms with E-state index < -0.39 is 5.60 Å². The third-order valence-corrected chi connectivity index (χ3v) is 4.04. The van der Waals surface area contributed by atoms with Crippen molar-refractivity contribution in [3.63, 3.8) is 0 Å². The van der Waals surface area contributed by atoms with Crippen LogP contribution in [0, 0.1) is 5.82 Å². The Labute approximate surface area is 129 Å². The minimum atomic E-state index is -0.475. The van der Waals surface area contributed by atoms with Crippen LogP contribution in [0.5, 0.6) is 0 Å². The van der Waals surface area contributed by atoms with Gasteiger partial charge in [-0.3, -0.25) is 4.79 Å². The van der Waals surface area contributed by atoms with E-state index in [0.717, 1.165) is 10.5 Å². The number of rotatable bonds is 6. The van der Waals surface area contributed by atoms with Gasteiger partial charge in [0.2, 0.25) is 0 Å². The molecule has 0 atom stereocenters. The summed E-state index contributed by atoms with van der Waals surface area (Å²) in [5, 5.41) is 3.37. The monoisotopic (exact) mass is 311 g/mol. The molecule has 1 aromatic rings. The molecule has 0 aliphatic heterocycles. The summed E-state index contributed by atoms with van der Waals surface area (Å²) in [7, 11) is 0. The molecule has 0 heterocycles. The molecule has 116 valence electrons. The lowest BCUT2D eigenvalue weighted by Gasteiger charge is -2.19. The number of carbonyl (C=O) groups is 1. The Hall–Kier alpha value is -1.07. The van der Waals surface area contributed by atoms with Crippen LogP contribution in [-0.2, 0) is 16.1 Å². The third-order valence-electron chi connectivity index (χ3n) is 2.95. The van der Waals surface area contributed by atoms with E-state index >= 15 is 0 Å². The first kappa shape index (κ1) is 16.3. The standard InChI is InChI=1S/C16H22FNO2S/c1-16(2,3)20-15(19)10-21-14-7-4-12(17)8-11(14)9-18-13-5-6-13/h4,7-8,13,18H,5-6,9-10H2,1-3H3. The summed E-state index contributed by atoms with van der Waals surface area (Å²) >= 11 is 1.40. The van der Waals surface area contributed by atoms with Gasteiger partial charge in [0, 0.05) is 17.5 Å². The van der Waals surface area contributed by atoms with Gasteiger partial charge in [-0.15, -0.1) is 11.8 Å². The van der Waals surface area contributed by atoms with Crippen LogP contribution >= 0.6 is 11.8 Å². The molecule has 1 aliphatic rings. The quantitative estimate of drug-likeness (QED) is 0.644. The average Bonchev–Trinajstić information content (AvgIpc) is 3.17. The molecule has 0 aromatic heterocycles. The Kier molecular flexibility index (Phi) is 5.27. The zero-order chi connectivity index (χ0) is 15.5. The van der Waals surface area contributed by atoms with Gasteiger partial charge < -0.3 is 10.1 Å². The first-order chi connectivity index (χ1) is 9.83. The van der Waals surface area contributed by atoms with E-state index in [0.29, 0.717) is 12.6 Å². The number of ether oxygens (including phenoxy) is 1. The number of benzene rings is 1. The molecule has 0 amide bonds. The Morgan fingerprint density at radius 3 is 2.76 bits per heavy atom. The molecule has 21 heavy (non-hydrogen) atoms. The number of thioether (sulfide) groups is 1. The van der Waals surface area contributed by atoms with Gasteiger partial charge in [0.05, 0.1) is 5.75 Å². The van der Waals surface area contributed by atoms with Crippen molar-refractivity contribution in [2.75, 3.05) is 5.75 Å². The Bertz CT molecular complexity index is 509. The van der Waals surface area contributed by atoms with Crippen LogP contribution in [0.25, 0.3) is 0 Å². The molecule has 0 saturated heterocycles. The fraction of sp³-hybridized carbons (Fsp3) is 0.562. The normalized spacial score (nSPS) is 15.0. The molecule has 1 aliphatic carbocycles. The van der Waals surface area contributed by atoms with Crippen molar-refractivity contribution in [3.05, 3.63) is 29.6 Å². The van der Waals surface area contributed by atoms with Gasteiger partial charge in [0.15, 0.2) is 0 Å². The topological polar surface area (TPSA) is 38.3 Å². The van der Waals surface area contributed by atoms with Crippen molar-refractivity contribution in [2.45, 2.75) is 56.7 Å². The lowest BCUT2D eigenvalue weighted by molar-refractivity contribution is -0.151. The van der Waals surface area contributed by atoms with Crippen LogP contribution < -0.4 is 5.32 Å². The predicted molar refractivity (Wildman–Crippen MR) is 82.8 cm³/mol. The highest BCUT2D eigenvalue weighted by atomic mass is 32.2. The number of nitrogens with one attached hydrogen (secondary N) is 1. The highest BCUT2D eigenvalue weighted by Crippen LogP contribution is 2.26. The van der Waals surface area contributed by atoms with Crippen molar-refractivity contribution in [1.29, 1.82) is 0 Å².